The van der Waals surface area contributed by atoms with Crippen molar-refractivity contribution in [3.05, 3.63) is 59.4 Å². The van der Waals surface area contributed by atoms with E-state index in [4.69, 9.17) is 9.47 Å². The molecule has 10 heteroatoms. The quantitative estimate of drug-likeness (QED) is 0.605. The van der Waals surface area contributed by atoms with Crippen LogP contribution < -0.4 is 14.8 Å². The number of piperazine rings is 1. The average Bonchev–Trinajstić information content (AvgIpc) is 3.08. The summed E-state index contributed by atoms with van der Waals surface area (Å²) in [7, 11) is 3.24. The van der Waals surface area contributed by atoms with Crippen LogP contribution in [-0.4, -0.2) is 79.5 Å². The van der Waals surface area contributed by atoms with Crippen molar-refractivity contribution in [3.8, 4) is 11.5 Å². The van der Waals surface area contributed by atoms with E-state index in [-0.39, 0.29) is 12.5 Å². The van der Waals surface area contributed by atoms with Crippen molar-refractivity contribution < 1.29 is 28.2 Å². The highest BCUT2D eigenvalue weighted by Gasteiger charge is 2.49. The Morgan fingerprint density at radius 3 is 2.34 bits per heavy atom. The van der Waals surface area contributed by atoms with E-state index in [0.29, 0.717) is 38.3 Å². The van der Waals surface area contributed by atoms with E-state index in [0.717, 1.165) is 22.0 Å². The number of imide groups is 1. The van der Waals surface area contributed by atoms with Gasteiger partial charge in [-0.05, 0) is 42.8 Å². The van der Waals surface area contributed by atoms with Crippen LogP contribution in [-0.2, 0) is 21.7 Å². The molecule has 186 valence electrons. The summed E-state index contributed by atoms with van der Waals surface area (Å²) < 4.78 is 24.1. The fourth-order valence-electron chi connectivity index (χ4n) is 4.46. The number of carbonyl (C=O) groups excluding carboxylic acids is 3. The van der Waals surface area contributed by atoms with E-state index in [2.05, 4.69) is 10.2 Å². The highest BCUT2D eigenvalue weighted by atomic mass is 19.1. The topological polar surface area (TPSA) is 91.4 Å². The lowest BCUT2D eigenvalue weighted by molar-refractivity contribution is -0.139. The molecule has 2 aromatic rings. The molecule has 1 unspecified atom stereocenters. The maximum Gasteiger partial charge on any atom is 0.325 e. The summed E-state index contributed by atoms with van der Waals surface area (Å²) in [5.74, 6) is 0.245. The second-order valence-electron chi connectivity index (χ2n) is 8.79. The molecule has 4 rings (SSSR count). The molecule has 0 saturated carbocycles. The Morgan fingerprint density at radius 2 is 1.71 bits per heavy atom. The standard InChI is InChI=1S/C25H29FN4O5/c1-25(18-4-6-19(26)7-5-18)23(32)30(24(33)27-25)16-22(31)29-12-10-28(11-13-29)15-17-14-20(34-2)8-9-21(17)35-3/h4-9,14H,10-13,15-16H2,1-3H3,(H,27,33). The zero-order chi connectivity index (χ0) is 25.2. The van der Waals surface area contributed by atoms with Crippen LogP contribution in [0.15, 0.2) is 42.5 Å². The average molecular weight is 485 g/mol. The fraction of sp³-hybridized carbons (Fsp3) is 0.400. The van der Waals surface area contributed by atoms with Crippen molar-refractivity contribution in [1.29, 1.82) is 0 Å². The van der Waals surface area contributed by atoms with Crippen LogP contribution in [0, 0.1) is 5.82 Å². The molecule has 2 aromatic carbocycles. The predicted octanol–water partition coefficient (Wildman–Crippen LogP) is 1.95. The number of nitrogens with zero attached hydrogens (tertiary/aromatic N) is 3. The third-order valence-electron chi connectivity index (χ3n) is 6.60. The maximum absolute atomic E-state index is 13.3. The maximum atomic E-state index is 13.3. The predicted molar refractivity (Wildman–Crippen MR) is 125 cm³/mol. The molecule has 4 amide bonds. The van der Waals surface area contributed by atoms with Gasteiger partial charge in [0, 0.05) is 38.3 Å². The molecule has 2 aliphatic heterocycles. The summed E-state index contributed by atoms with van der Waals surface area (Å²) in [5, 5.41) is 2.64. The molecule has 2 saturated heterocycles. The van der Waals surface area contributed by atoms with Crippen LogP contribution in [0.4, 0.5) is 9.18 Å². The number of rotatable bonds is 7. The second kappa shape index (κ2) is 9.91. The van der Waals surface area contributed by atoms with Crippen LogP contribution in [0.25, 0.3) is 0 Å². The number of amides is 4. The molecule has 2 aliphatic rings. The molecule has 0 aromatic heterocycles. The number of ether oxygens (including phenoxy) is 2. The van der Waals surface area contributed by atoms with Crippen molar-refractivity contribution in [1.82, 2.24) is 20.0 Å². The van der Waals surface area contributed by atoms with Gasteiger partial charge in [-0.2, -0.15) is 0 Å². The first-order chi connectivity index (χ1) is 16.7. The Hall–Kier alpha value is -3.66. The molecule has 1 atom stereocenters. The molecule has 0 aliphatic carbocycles. The number of nitrogens with one attached hydrogen (secondary N) is 1. The minimum absolute atomic E-state index is 0.296. The number of methoxy groups -OCH3 is 2. The number of hydrogen-bond donors (Lipinski definition) is 1. The third kappa shape index (κ3) is 4.93. The third-order valence-corrected chi connectivity index (χ3v) is 6.60. The van der Waals surface area contributed by atoms with Gasteiger partial charge in [0.2, 0.25) is 5.91 Å². The van der Waals surface area contributed by atoms with E-state index in [1.807, 2.05) is 18.2 Å². The lowest BCUT2D eigenvalue weighted by Crippen LogP contribution is -2.51. The number of benzene rings is 2. The number of urea groups is 1. The summed E-state index contributed by atoms with van der Waals surface area (Å²) in [5.41, 5.74) is 0.0966. The van der Waals surface area contributed by atoms with E-state index in [1.165, 1.54) is 24.3 Å². The summed E-state index contributed by atoms with van der Waals surface area (Å²) in [6.07, 6.45) is 0. The molecule has 35 heavy (non-hydrogen) atoms. The van der Waals surface area contributed by atoms with Crippen molar-refractivity contribution in [3.63, 3.8) is 0 Å². The summed E-state index contributed by atoms with van der Waals surface area (Å²) in [4.78, 5) is 43.3. The van der Waals surface area contributed by atoms with Crippen LogP contribution in [0.1, 0.15) is 18.1 Å². The summed E-state index contributed by atoms with van der Waals surface area (Å²) in [6.45, 7) is 4.08. The van der Waals surface area contributed by atoms with Crippen LogP contribution in [0.5, 0.6) is 11.5 Å². The summed E-state index contributed by atoms with van der Waals surface area (Å²) >= 11 is 0. The Kier molecular flexibility index (Phi) is 6.93. The van der Waals surface area contributed by atoms with Crippen molar-refractivity contribution in [2.45, 2.75) is 19.0 Å². The molecule has 0 bridgehead atoms. The molecule has 0 radical (unpaired) electrons. The SMILES string of the molecule is COc1ccc(OC)c(CN2CCN(C(=O)CN3C(=O)NC(C)(c4ccc(F)cc4)C3=O)CC2)c1. The van der Waals surface area contributed by atoms with Gasteiger partial charge in [0.1, 0.15) is 29.4 Å². The van der Waals surface area contributed by atoms with Gasteiger partial charge in [0.05, 0.1) is 14.2 Å². The van der Waals surface area contributed by atoms with Crippen LogP contribution in [0.2, 0.25) is 0 Å². The molecule has 1 N–H and O–H groups in total. The van der Waals surface area contributed by atoms with E-state index >= 15 is 0 Å². The number of hydrogen-bond acceptors (Lipinski definition) is 6. The Morgan fingerprint density at radius 1 is 1.03 bits per heavy atom. The van der Waals surface area contributed by atoms with Gasteiger partial charge < -0.3 is 19.7 Å². The molecular formula is C25H29FN4O5. The van der Waals surface area contributed by atoms with Gasteiger partial charge >= 0.3 is 6.03 Å². The second-order valence-corrected chi connectivity index (χ2v) is 8.79. The van der Waals surface area contributed by atoms with Crippen molar-refractivity contribution in [2.75, 3.05) is 46.9 Å². The zero-order valence-electron chi connectivity index (χ0n) is 20.0. The van der Waals surface area contributed by atoms with E-state index < -0.39 is 23.3 Å². The smallest absolute Gasteiger partial charge is 0.325 e. The van der Waals surface area contributed by atoms with Gasteiger partial charge in [-0.1, -0.05) is 12.1 Å². The molecule has 2 fully saturated rings. The van der Waals surface area contributed by atoms with Crippen LogP contribution in [0.3, 0.4) is 0 Å². The van der Waals surface area contributed by atoms with Gasteiger partial charge in [-0.3, -0.25) is 19.4 Å². The lowest BCUT2D eigenvalue weighted by Gasteiger charge is -2.35. The monoisotopic (exact) mass is 484 g/mol. The first-order valence-corrected chi connectivity index (χ1v) is 11.4. The molecular weight excluding hydrogens is 455 g/mol. The lowest BCUT2D eigenvalue weighted by atomic mass is 9.92. The van der Waals surface area contributed by atoms with Crippen molar-refractivity contribution >= 4 is 17.8 Å². The molecule has 0 spiro atoms. The Bertz CT molecular complexity index is 1120. The minimum Gasteiger partial charge on any atom is -0.497 e. The first-order valence-electron chi connectivity index (χ1n) is 11.4. The Labute approximate surface area is 203 Å². The first kappa shape index (κ1) is 24.5. The van der Waals surface area contributed by atoms with E-state index in [9.17, 15) is 18.8 Å². The number of carbonyl (C=O) groups is 3. The minimum atomic E-state index is -1.35. The molecule has 2 heterocycles. The van der Waals surface area contributed by atoms with Gasteiger partial charge in [-0.25, -0.2) is 9.18 Å². The zero-order valence-corrected chi connectivity index (χ0v) is 20.0. The summed E-state index contributed by atoms with van der Waals surface area (Å²) in [6, 6.07) is 10.4. The number of halogens is 1. The van der Waals surface area contributed by atoms with Gasteiger partial charge in [0.25, 0.3) is 5.91 Å². The highest BCUT2D eigenvalue weighted by Crippen LogP contribution is 2.29. The largest absolute Gasteiger partial charge is 0.497 e. The van der Waals surface area contributed by atoms with Gasteiger partial charge in [-0.15, -0.1) is 0 Å². The fourth-order valence-corrected chi connectivity index (χ4v) is 4.46. The van der Waals surface area contributed by atoms with Crippen LogP contribution >= 0.6 is 0 Å². The Balaban J connectivity index is 1.35. The highest BCUT2D eigenvalue weighted by molar-refractivity contribution is 6.09. The normalized spacial score (nSPS) is 20.7. The van der Waals surface area contributed by atoms with Gasteiger partial charge in [0.15, 0.2) is 0 Å². The van der Waals surface area contributed by atoms with Crippen molar-refractivity contribution in [2.24, 2.45) is 0 Å². The van der Waals surface area contributed by atoms with E-state index in [1.54, 1.807) is 26.0 Å². The molecule has 9 nitrogen and oxygen atoms in total.